The summed E-state index contributed by atoms with van der Waals surface area (Å²) in [6.07, 6.45) is 1.74. The Labute approximate surface area is 202 Å². The van der Waals surface area contributed by atoms with Gasteiger partial charge in [0.05, 0.1) is 52.5 Å². The van der Waals surface area contributed by atoms with Crippen LogP contribution < -0.4 is 15.4 Å². The monoisotopic (exact) mass is 469 g/mol. The maximum Gasteiger partial charge on any atom is 0.213 e. The fourth-order valence-electron chi connectivity index (χ4n) is 3.93. The second kappa shape index (κ2) is 9.15. The van der Waals surface area contributed by atoms with Gasteiger partial charge in [0.15, 0.2) is 0 Å². The van der Waals surface area contributed by atoms with E-state index in [1.54, 1.807) is 13.3 Å². The van der Waals surface area contributed by atoms with Gasteiger partial charge in [-0.2, -0.15) is 0 Å². The molecule has 7 heteroatoms. The number of nitrogens with one attached hydrogen (secondary N) is 1. The highest BCUT2D eigenvalue weighted by Crippen LogP contribution is 2.31. The first-order valence-electron chi connectivity index (χ1n) is 11.0. The second-order valence-corrected chi connectivity index (χ2v) is 8.64. The van der Waals surface area contributed by atoms with E-state index < -0.39 is 0 Å². The predicted molar refractivity (Wildman–Crippen MR) is 137 cm³/mol. The van der Waals surface area contributed by atoms with E-state index in [0.29, 0.717) is 10.9 Å². The lowest BCUT2D eigenvalue weighted by Gasteiger charge is -2.20. The molecule has 34 heavy (non-hydrogen) atoms. The standard InChI is InChI=1S/C27H24ClN5O/c1-17(2)30-23-15-26-24(14-22(23)31-19-10-13-27(34-3)29-16-19)32-21-6-4-5-7-25(21)33(26)20-11-8-18(28)9-12-20/h4-17,31H,1-3H3. The molecule has 0 fully saturated rings. The number of benzene rings is 3. The van der Waals surface area contributed by atoms with Crippen LogP contribution in [0.3, 0.4) is 0 Å². The van der Waals surface area contributed by atoms with Gasteiger partial charge < -0.3 is 14.6 Å². The van der Waals surface area contributed by atoms with Crippen molar-refractivity contribution in [3.8, 4) is 23.0 Å². The van der Waals surface area contributed by atoms with E-state index in [1.807, 2.05) is 60.7 Å². The van der Waals surface area contributed by atoms with E-state index in [-0.39, 0.29) is 6.04 Å². The van der Waals surface area contributed by atoms with Gasteiger partial charge >= 0.3 is 0 Å². The van der Waals surface area contributed by atoms with Gasteiger partial charge in [-0.05, 0) is 68.4 Å². The van der Waals surface area contributed by atoms with Gasteiger partial charge in [0, 0.05) is 22.8 Å². The van der Waals surface area contributed by atoms with Crippen molar-refractivity contribution in [2.75, 3.05) is 12.4 Å². The number of hydrogen-bond acceptors (Lipinski definition) is 5. The SMILES string of the molecule is COc1ccc(Nc2cc3nc4ccccc4n(-c4ccc(Cl)cc4)c-3cc2=NC(C)C)cn1. The van der Waals surface area contributed by atoms with E-state index in [0.717, 1.165) is 44.8 Å². The number of hydrogen-bond donors (Lipinski definition) is 1. The highest BCUT2D eigenvalue weighted by molar-refractivity contribution is 6.30. The molecular formula is C27H24ClN5O. The molecule has 5 rings (SSSR count). The summed E-state index contributed by atoms with van der Waals surface area (Å²) in [5.74, 6) is 0.563. The Kier molecular flexibility index (Phi) is 5.90. The number of fused-ring (bicyclic) bond motifs is 2. The van der Waals surface area contributed by atoms with Gasteiger partial charge in [-0.25, -0.2) is 9.97 Å². The first-order chi connectivity index (χ1) is 16.5. The van der Waals surface area contributed by atoms with E-state index in [1.165, 1.54) is 0 Å². The Balaban J connectivity index is 1.77. The molecule has 0 atom stereocenters. The van der Waals surface area contributed by atoms with E-state index >= 15 is 0 Å². The molecule has 1 N–H and O–H groups in total. The zero-order valence-corrected chi connectivity index (χ0v) is 19.9. The maximum atomic E-state index is 6.18. The van der Waals surface area contributed by atoms with Crippen LogP contribution in [-0.4, -0.2) is 27.7 Å². The molecule has 1 aliphatic carbocycles. The maximum absolute atomic E-state index is 6.18. The minimum absolute atomic E-state index is 0.115. The van der Waals surface area contributed by atoms with Crippen LogP contribution in [0.2, 0.25) is 5.02 Å². The van der Waals surface area contributed by atoms with Gasteiger partial charge in [-0.1, -0.05) is 23.7 Å². The Morgan fingerprint density at radius 2 is 1.79 bits per heavy atom. The van der Waals surface area contributed by atoms with Crippen LogP contribution in [-0.2, 0) is 0 Å². The molecule has 0 saturated carbocycles. The second-order valence-electron chi connectivity index (χ2n) is 8.21. The van der Waals surface area contributed by atoms with E-state index in [4.69, 9.17) is 26.3 Å². The molecule has 0 radical (unpaired) electrons. The lowest BCUT2D eigenvalue weighted by Crippen LogP contribution is -2.16. The van der Waals surface area contributed by atoms with Crippen LogP contribution in [0, 0.1) is 0 Å². The molecule has 3 aromatic rings. The molecule has 0 spiro atoms. The normalized spacial score (nSPS) is 12.0. The minimum Gasteiger partial charge on any atom is -0.481 e. The topological polar surface area (TPSA) is 64.3 Å². The first-order valence-corrected chi connectivity index (χ1v) is 11.4. The number of halogens is 1. The number of ether oxygens (including phenoxy) is 1. The first kappa shape index (κ1) is 21.9. The fraction of sp³-hybridized carbons (Fsp3) is 0.148. The Hall–Kier alpha value is -3.90. The average molecular weight is 470 g/mol. The van der Waals surface area contributed by atoms with Crippen LogP contribution in [0.25, 0.3) is 28.1 Å². The number of anilines is 2. The quantitative estimate of drug-likeness (QED) is 0.309. The lowest BCUT2D eigenvalue weighted by atomic mass is 10.1. The molecule has 170 valence electrons. The molecule has 1 aliphatic heterocycles. The molecule has 1 aromatic heterocycles. The van der Waals surface area contributed by atoms with Crippen LogP contribution in [0.15, 0.2) is 84.0 Å². The van der Waals surface area contributed by atoms with Gasteiger partial charge in [0.1, 0.15) is 0 Å². The van der Waals surface area contributed by atoms with Gasteiger partial charge in [0.2, 0.25) is 5.88 Å². The molecule has 0 amide bonds. The largest absolute Gasteiger partial charge is 0.481 e. The molecule has 0 bridgehead atoms. The number of nitrogens with zero attached hydrogens (tertiary/aromatic N) is 4. The number of para-hydroxylation sites is 2. The van der Waals surface area contributed by atoms with Gasteiger partial charge in [-0.15, -0.1) is 0 Å². The van der Waals surface area contributed by atoms with Crippen LogP contribution >= 0.6 is 11.6 Å². The summed E-state index contributed by atoms with van der Waals surface area (Å²) in [6.45, 7) is 4.13. The molecule has 2 heterocycles. The summed E-state index contributed by atoms with van der Waals surface area (Å²) >= 11 is 6.18. The third kappa shape index (κ3) is 4.32. The fourth-order valence-corrected chi connectivity index (χ4v) is 4.05. The molecule has 2 aliphatic rings. The van der Waals surface area contributed by atoms with Crippen LogP contribution in [0.1, 0.15) is 13.8 Å². The van der Waals surface area contributed by atoms with Crippen molar-refractivity contribution in [3.63, 3.8) is 0 Å². The van der Waals surface area contributed by atoms with Crippen molar-refractivity contribution >= 4 is 34.0 Å². The summed E-state index contributed by atoms with van der Waals surface area (Å²) in [5.41, 5.74) is 6.41. The Morgan fingerprint density at radius 1 is 1.00 bits per heavy atom. The van der Waals surface area contributed by atoms with Crippen LogP contribution in [0.4, 0.5) is 11.4 Å². The van der Waals surface area contributed by atoms with Crippen molar-refractivity contribution in [3.05, 3.63) is 89.4 Å². The summed E-state index contributed by atoms with van der Waals surface area (Å²) in [7, 11) is 1.60. The molecule has 0 unspecified atom stereocenters. The number of pyridine rings is 1. The summed E-state index contributed by atoms with van der Waals surface area (Å²) in [6, 6.07) is 23.9. The van der Waals surface area contributed by atoms with Crippen molar-refractivity contribution < 1.29 is 4.74 Å². The number of rotatable bonds is 5. The molecule has 0 saturated heterocycles. The number of methoxy groups -OCH3 is 1. The highest BCUT2D eigenvalue weighted by Gasteiger charge is 2.17. The van der Waals surface area contributed by atoms with Crippen molar-refractivity contribution in [2.45, 2.75) is 19.9 Å². The zero-order chi connectivity index (χ0) is 23.7. The highest BCUT2D eigenvalue weighted by atomic mass is 35.5. The molecule has 2 aromatic carbocycles. The van der Waals surface area contributed by atoms with Crippen molar-refractivity contribution in [1.82, 2.24) is 14.5 Å². The van der Waals surface area contributed by atoms with Crippen LogP contribution in [0.5, 0.6) is 5.88 Å². The number of aromatic nitrogens is 3. The molecule has 6 nitrogen and oxygen atoms in total. The predicted octanol–water partition coefficient (Wildman–Crippen LogP) is 6.24. The zero-order valence-electron chi connectivity index (χ0n) is 19.2. The molecular weight excluding hydrogens is 446 g/mol. The summed E-state index contributed by atoms with van der Waals surface area (Å²) in [5, 5.41) is 5.00. The van der Waals surface area contributed by atoms with Gasteiger partial charge in [-0.3, -0.25) is 4.99 Å². The average Bonchev–Trinajstić information content (AvgIpc) is 2.84. The Bertz CT molecular complexity index is 1490. The summed E-state index contributed by atoms with van der Waals surface area (Å²) < 4.78 is 7.38. The third-order valence-corrected chi connectivity index (χ3v) is 5.66. The smallest absolute Gasteiger partial charge is 0.213 e. The van der Waals surface area contributed by atoms with Crippen molar-refractivity contribution in [1.29, 1.82) is 0 Å². The Morgan fingerprint density at radius 3 is 2.50 bits per heavy atom. The van der Waals surface area contributed by atoms with E-state index in [9.17, 15) is 0 Å². The van der Waals surface area contributed by atoms with E-state index in [2.05, 4.69) is 40.8 Å². The summed E-state index contributed by atoms with van der Waals surface area (Å²) in [4.78, 5) is 14.2. The van der Waals surface area contributed by atoms with Crippen molar-refractivity contribution in [2.24, 2.45) is 4.99 Å². The third-order valence-electron chi connectivity index (χ3n) is 5.40. The minimum atomic E-state index is 0.115. The van der Waals surface area contributed by atoms with Gasteiger partial charge in [0.25, 0.3) is 0 Å². The lowest BCUT2D eigenvalue weighted by molar-refractivity contribution is 0.398.